The highest BCUT2D eigenvalue weighted by Gasteiger charge is 2.35. The highest BCUT2D eigenvalue weighted by Crippen LogP contribution is 2.15. The molecular formula is C11H20N2O6S. The number of carboxylic acid groups (broad SMARTS) is 1. The van der Waals surface area contributed by atoms with Gasteiger partial charge in [-0.15, -0.1) is 0 Å². The summed E-state index contributed by atoms with van der Waals surface area (Å²) in [6.45, 7) is 2.06. The maximum absolute atomic E-state index is 12.0. The quantitative estimate of drug-likeness (QED) is 0.694. The SMILES string of the molecule is COC(C)CNC(=O)N1CCS(=O)(=O)CC1CC(=O)O. The summed E-state index contributed by atoms with van der Waals surface area (Å²) in [4.78, 5) is 24.1. The van der Waals surface area contributed by atoms with Gasteiger partial charge in [0.1, 0.15) is 0 Å². The summed E-state index contributed by atoms with van der Waals surface area (Å²) in [6.07, 6.45) is -0.558. The van der Waals surface area contributed by atoms with Crippen LogP contribution in [0.4, 0.5) is 4.79 Å². The number of amides is 2. The molecule has 0 aromatic carbocycles. The van der Waals surface area contributed by atoms with Crippen molar-refractivity contribution in [1.82, 2.24) is 10.2 Å². The molecule has 2 amide bonds. The van der Waals surface area contributed by atoms with E-state index in [1.807, 2.05) is 0 Å². The standard InChI is InChI=1S/C11H20N2O6S/c1-8(19-2)6-12-11(16)13-3-4-20(17,18)7-9(13)5-10(14)15/h8-9H,3-7H2,1-2H3,(H,12,16)(H,14,15). The molecule has 1 aliphatic rings. The number of carboxylic acids is 1. The molecule has 2 N–H and O–H groups in total. The van der Waals surface area contributed by atoms with Crippen LogP contribution in [0.25, 0.3) is 0 Å². The first-order chi connectivity index (χ1) is 9.25. The number of hydrogen-bond donors (Lipinski definition) is 2. The number of carbonyl (C=O) groups is 2. The largest absolute Gasteiger partial charge is 0.481 e. The van der Waals surface area contributed by atoms with Gasteiger partial charge in [0.15, 0.2) is 9.84 Å². The Morgan fingerprint density at radius 2 is 2.15 bits per heavy atom. The lowest BCUT2D eigenvalue weighted by Crippen LogP contribution is -2.55. The first-order valence-corrected chi connectivity index (χ1v) is 8.07. The van der Waals surface area contributed by atoms with Gasteiger partial charge < -0.3 is 20.1 Å². The van der Waals surface area contributed by atoms with Gasteiger partial charge in [-0.05, 0) is 6.92 Å². The third kappa shape index (κ3) is 4.97. The van der Waals surface area contributed by atoms with E-state index in [0.717, 1.165) is 0 Å². The van der Waals surface area contributed by atoms with Gasteiger partial charge in [0.05, 0.1) is 30.1 Å². The Morgan fingerprint density at radius 3 is 2.70 bits per heavy atom. The highest BCUT2D eigenvalue weighted by atomic mass is 32.2. The number of carbonyl (C=O) groups excluding carboxylic acids is 1. The van der Waals surface area contributed by atoms with E-state index in [1.54, 1.807) is 6.92 Å². The number of nitrogens with zero attached hydrogens (tertiary/aromatic N) is 1. The van der Waals surface area contributed by atoms with Crippen molar-refractivity contribution < 1.29 is 27.9 Å². The van der Waals surface area contributed by atoms with Gasteiger partial charge in [0, 0.05) is 20.2 Å². The second-order valence-corrected chi connectivity index (χ2v) is 7.02. The van der Waals surface area contributed by atoms with Crippen LogP contribution in [-0.4, -0.2) is 74.3 Å². The summed E-state index contributed by atoms with van der Waals surface area (Å²) < 4.78 is 28.1. The Balaban J connectivity index is 2.69. The molecule has 1 saturated heterocycles. The Morgan fingerprint density at radius 1 is 1.50 bits per heavy atom. The molecular weight excluding hydrogens is 288 g/mol. The molecule has 1 aliphatic heterocycles. The number of aliphatic carboxylic acids is 1. The van der Waals surface area contributed by atoms with Crippen molar-refractivity contribution in [2.24, 2.45) is 0 Å². The van der Waals surface area contributed by atoms with Crippen LogP contribution in [-0.2, 0) is 19.4 Å². The van der Waals surface area contributed by atoms with Crippen LogP contribution in [0.5, 0.6) is 0 Å². The van der Waals surface area contributed by atoms with Gasteiger partial charge in [-0.3, -0.25) is 4.79 Å². The molecule has 0 spiro atoms. The number of methoxy groups -OCH3 is 1. The molecule has 0 saturated carbocycles. The maximum Gasteiger partial charge on any atom is 0.317 e. The Kier molecular flexibility index (Phi) is 5.75. The van der Waals surface area contributed by atoms with Crippen LogP contribution < -0.4 is 5.32 Å². The highest BCUT2D eigenvalue weighted by molar-refractivity contribution is 7.91. The van der Waals surface area contributed by atoms with E-state index in [0.29, 0.717) is 0 Å². The molecule has 1 heterocycles. The summed E-state index contributed by atoms with van der Waals surface area (Å²) in [5.41, 5.74) is 0. The minimum Gasteiger partial charge on any atom is -0.481 e. The van der Waals surface area contributed by atoms with Crippen molar-refractivity contribution in [2.75, 3.05) is 31.7 Å². The van der Waals surface area contributed by atoms with Crippen LogP contribution >= 0.6 is 0 Å². The molecule has 2 unspecified atom stereocenters. The second kappa shape index (κ2) is 6.89. The predicted molar refractivity (Wildman–Crippen MR) is 71.3 cm³/mol. The summed E-state index contributed by atoms with van der Waals surface area (Å²) >= 11 is 0. The zero-order valence-electron chi connectivity index (χ0n) is 11.5. The van der Waals surface area contributed by atoms with Crippen molar-refractivity contribution in [3.8, 4) is 0 Å². The van der Waals surface area contributed by atoms with Gasteiger partial charge in [-0.2, -0.15) is 0 Å². The fourth-order valence-electron chi connectivity index (χ4n) is 1.94. The van der Waals surface area contributed by atoms with Gasteiger partial charge in [0.25, 0.3) is 0 Å². The summed E-state index contributed by atoms with van der Waals surface area (Å²) in [7, 11) is -1.78. The molecule has 0 bridgehead atoms. The Bertz CT molecular complexity index is 464. The first kappa shape index (κ1) is 16.7. The van der Waals surface area contributed by atoms with Crippen LogP contribution in [0.3, 0.4) is 0 Å². The van der Waals surface area contributed by atoms with Crippen LogP contribution in [0.1, 0.15) is 13.3 Å². The average molecular weight is 308 g/mol. The molecule has 9 heteroatoms. The maximum atomic E-state index is 12.0. The fraction of sp³-hybridized carbons (Fsp3) is 0.818. The molecule has 1 rings (SSSR count). The number of hydrogen-bond acceptors (Lipinski definition) is 5. The van der Waals surface area contributed by atoms with Crippen LogP contribution in [0.15, 0.2) is 0 Å². The van der Waals surface area contributed by atoms with Gasteiger partial charge in [0.2, 0.25) is 0 Å². The van der Waals surface area contributed by atoms with E-state index in [2.05, 4.69) is 5.32 Å². The van der Waals surface area contributed by atoms with E-state index < -0.39 is 27.9 Å². The van der Waals surface area contributed by atoms with Crippen LogP contribution in [0, 0.1) is 0 Å². The number of rotatable bonds is 5. The summed E-state index contributed by atoms with van der Waals surface area (Å²) in [5.74, 6) is -1.58. The number of nitrogens with one attached hydrogen (secondary N) is 1. The zero-order valence-corrected chi connectivity index (χ0v) is 12.4. The van der Waals surface area contributed by atoms with Crippen molar-refractivity contribution in [3.05, 3.63) is 0 Å². The molecule has 116 valence electrons. The van der Waals surface area contributed by atoms with Crippen molar-refractivity contribution in [1.29, 1.82) is 0 Å². The third-order valence-corrected chi connectivity index (χ3v) is 4.84. The lowest BCUT2D eigenvalue weighted by atomic mass is 10.2. The molecule has 8 nitrogen and oxygen atoms in total. The summed E-state index contributed by atoms with van der Waals surface area (Å²) in [6, 6.07) is -1.29. The minimum absolute atomic E-state index is 0.00742. The smallest absolute Gasteiger partial charge is 0.317 e. The lowest BCUT2D eigenvalue weighted by molar-refractivity contribution is -0.138. The zero-order chi connectivity index (χ0) is 15.3. The molecule has 0 radical (unpaired) electrons. The lowest BCUT2D eigenvalue weighted by Gasteiger charge is -2.34. The molecule has 0 aromatic rings. The van der Waals surface area contributed by atoms with E-state index in [1.165, 1.54) is 12.0 Å². The second-order valence-electron chi connectivity index (χ2n) is 4.79. The predicted octanol–water partition coefficient (Wildman–Crippen LogP) is -0.695. The number of urea groups is 1. The topological polar surface area (TPSA) is 113 Å². The number of sulfone groups is 1. The van der Waals surface area contributed by atoms with E-state index in [4.69, 9.17) is 9.84 Å². The molecule has 1 fully saturated rings. The molecule has 20 heavy (non-hydrogen) atoms. The molecule has 0 aliphatic carbocycles. The van der Waals surface area contributed by atoms with Crippen LogP contribution in [0.2, 0.25) is 0 Å². The number of ether oxygens (including phenoxy) is 1. The van der Waals surface area contributed by atoms with E-state index in [9.17, 15) is 18.0 Å². The summed E-state index contributed by atoms with van der Waals surface area (Å²) in [5, 5.41) is 11.4. The Labute approximate surface area is 118 Å². The fourth-order valence-corrected chi connectivity index (χ4v) is 3.47. The van der Waals surface area contributed by atoms with Crippen molar-refractivity contribution >= 4 is 21.8 Å². The third-order valence-electron chi connectivity index (χ3n) is 3.14. The normalized spacial score (nSPS) is 23.1. The van der Waals surface area contributed by atoms with E-state index in [-0.39, 0.29) is 37.1 Å². The molecule has 0 aromatic heterocycles. The average Bonchev–Trinajstić information content (AvgIpc) is 2.33. The van der Waals surface area contributed by atoms with Gasteiger partial charge >= 0.3 is 12.0 Å². The molecule has 2 atom stereocenters. The van der Waals surface area contributed by atoms with Gasteiger partial charge in [-0.1, -0.05) is 0 Å². The van der Waals surface area contributed by atoms with Crippen molar-refractivity contribution in [2.45, 2.75) is 25.5 Å². The minimum atomic E-state index is -3.29. The van der Waals surface area contributed by atoms with Gasteiger partial charge in [-0.25, -0.2) is 13.2 Å². The van der Waals surface area contributed by atoms with E-state index >= 15 is 0 Å². The first-order valence-electron chi connectivity index (χ1n) is 6.24. The Hall–Kier alpha value is -1.35. The monoisotopic (exact) mass is 308 g/mol. The van der Waals surface area contributed by atoms with Crippen molar-refractivity contribution in [3.63, 3.8) is 0 Å².